The molecular weight excluding hydrogens is 154 g/mol. The maximum Gasteiger partial charge on any atom is 0.0512 e. The van der Waals surface area contributed by atoms with Crippen molar-refractivity contribution in [2.75, 3.05) is 26.2 Å². The van der Waals surface area contributed by atoms with E-state index in [0.29, 0.717) is 12.5 Å². The SMILES string of the molecule is CC(O)CCCN1CC(CO)C1. The minimum atomic E-state index is -0.167. The quantitative estimate of drug-likeness (QED) is 0.618. The number of rotatable bonds is 5. The number of likely N-dealkylation sites (tertiary alicyclic amines) is 1. The lowest BCUT2D eigenvalue weighted by Gasteiger charge is -2.38. The molecule has 0 spiro atoms. The summed E-state index contributed by atoms with van der Waals surface area (Å²) < 4.78 is 0. The van der Waals surface area contributed by atoms with Crippen LogP contribution in [-0.4, -0.2) is 47.5 Å². The normalized spacial score (nSPS) is 22.2. The average molecular weight is 173 g/mol. The van der Waals surface area contributed by atoms with E-state index in [0.717, 1.165) is 32.5 Å². The largest absolute Gasteiger partial charge is 0.396 e. The summed E-state index contributed by atoms with van der Waals surface area (Å²) in [6, 6.07) is 0. The van der Waals surface area contributed by atoms with E-state index in [4.69, 9.17) is 10.2 Å². The number of aliphatic hydroxyl groups is 2. The molecule has 0 bridgehead atoms. The second-order valence-electron chi connectivity index (χ2n) is 3.80. The lowest BCUT2D eigenvalue weighted by molar-refractivity contribution is 0.0496. The zero-order valence-electron chi connectivity index (χ0n) is 7.74. The monoisotopic (exact) mass is 173 g/mol. The molecule has 2 N–H and O–H groups in total. The predicted octanol–water partition coefficient (Wildman–Crippen LogP) is 0.0715. The van der Waals surface area contributed by atoms with Crippen LogP contribution in [0, 0.1) is 5.92 Å². The first-order valence-electron chi connectivity index (χ1n) is 4.73. The number of aliphatic hydroxyl groups excluding tert-OH is 2. The van der Waals surface area contributed by atoms with Crippen molar-refractivity contribution in [3.8, 4) is 0 Å². The molecule has 0 aromatic carbocycles. The van der Waals surface area contributed by atoms with Crippen LogP contribution in [0.2, 0.25) is 0 Å². The molecule has 72 valence electrons. The Bertz CT molecular complexity index is 122. The van der Waals surface area contributed by atoms with E-state index in [9.17, 15) is 0 Å². The highest BCUT2D eigenvalue weighted by molar-refractivity contribution is 4.78. The number of hydrogen-bond acceptors (Lipinski definition) is 3. The van der Waals surface area contributed by atoms with Crippen molar-refractivity contribution < 1.29 is 10.2 Å². The average Bonchev–Trinajstić information content (AvgIpc) is 1.93. The van der Waals surface area contributed by atoms with Gasteiger partial charge in [0.05, 0.1) is 6.10 Å². The molecule has 0 aromatic rings. The molecule has 1 atom stereocenters. The smallest absolute Gasteiger partial charge is 0.0512 e. The van der Waals surface area contributed by atoms with Gasteiger partial charge in [-0.1, -0.05) is 0 Å². The Hall–Kier alpha value is -0.120. The van der Waals surface area contributed by atoms with Gasteiger partial charge in [0.2, 0.25) is 0 Å². The van der Waals surface area contributed by atoms with E-state index in [-0.39, 0.29) is 6.10 Å². The summed E-state index contributed by atoms with van der Waals surface area (Å²) >= 11 is 0. The molecule has 1 aliphatic heterocycles. The van der Waals surface area contributed by atoms with Crippen LogP contribution >= 0.6 is 0 Å². The summed E-state index contributed by atoms with van der Waals surface area (Å²) in [7, 11) is 0. The fourth-order valence-corrected chi connectivity index (χ4v) is 1.59. The Morgan fingerprint density at radius 3 is 2.67 bits per heavy atom. The Morgan fingerprint density at radius 1 is 1.50 bits per heavy atom. The van der Waals surface area contributed by atoms with Crippen LogP contribution in [0.1, 0.15) is 19.8 Å². The zero-order valence-corrected chi connectivity index (χ0v) is 7.74. The van der Waals surface area contributed by atoms with Gasteiger partial charge in [0, 0.05) is 25.6 Å². The van der Waals surface area contributed by atoms with Crippen LogP contribution < -0.4 is 0 Å². The van der Waals surface area contributed by atoms with Gasteiger partial charge in [0.25, 0.3) is 0 Å². The second-order valence-corrected chi connectivity index (χ2v) is 3.80. The molecule has 0 saturated carbocycles. The summed E-state index contributed by atoms with van der Waals surface area (Å²) in [5.74, 6) is 0.511. The predicted molar refractivity (Wildman–Crippen MR) is 47.9 cm³/mol. The second kappa shape index (κ2) is 4.80. The van der Waals surface area contributed by atoms with E-state index in [1.54, 1.807) is 0 Å². The minimum Gasteiger partial charge on any atom is -0.396 e. The van der Waals surface area contributed by atoms with Crippen LogP contribution in [-0.2, 0) is 0 Å². The van der Waals surface area contributed by atoms with E-state index in [1.165, 1.54) is 0 Å². The first-order valence-corrected chi connectivity index (χ1v) is 4.73. The van der Waals surface area contributed by atoms with Gasteiger partial charge in [-0.25, -0.2) is 0 Å². The van der Waals surface area contributed by atoms with Gasteiger partial charge in [0.1, 0.15) is 0 Å². The summed E-state index contributed by atoms with van der Waals surface area (Å²) in [5.41, 5.74) is 0. The first kappa shape index (κ1) is 9.96. The highest BCUT2D eigenvalue weighted by Gasteiger charge is 2.24. The van der Waals surface area contributed by atoms with E-state index in [1.807, 2.05) is 6.92 Å². The minimum absolute atomic E-state index is 0.167. The molecule has 0 aromatic heterocycles. The molecular formula is C9H19NO2. The topological polar surface area (TPSA) is 43.7 Å². The van der Waals surface area contributed by atoms with Crippen molar-refractivity contribution in [2.24, 2.45) is 5.92 Å². The molecule has 1 saturated heterocycles. The van der Waals surface area contributed by atoms with Crippen LogP contribution in [0.15, 0.2) is 0 Å². The Balaban J connectivity index is 1.90. The number of hydrogen-bond donors (Lipinski definition) is 2. The molecule has 1 fully saturated rings. The molecule has 3 heteroatoms. The van der Waals surface area contributed by atoms with Gasteiger partial charge in [-0.2, -0.15) is 0 Å². The van der Waals surface area contributed by atoms with Gasteiger partial charge in [-0.3, -0.25) is 0 Å². The lowest BCUT2D eigenvalue weighted by Crippen LogP contribution is -2.48. The summed E-state index contributed by atoms with van der Waals surface area (Å²) in [5, 5.41) is 17.7. The molecule has 0 radical (unpaired) electrons. The van der Waals surface area contributed by atoms with Crippen LogP contribution in [0.3, 0.4) is 0 Å². The van der Waals surface area contributed by atoms with Crippen LogP contribution in [0.25, 0.3) is 0 Å². The maximum absolute atomic E-state index is 9.00. The van der Waals surface area contributed by atoms with Gasteiger partial charge < -0.3 is 15.1 Å². The third-order valence-electron chi connectivity index (χ3n) is 2.39. The van der Waals surface area contributed by atoms with Crippen molar-refractivity contribution in [1.29, 1.82) is 0 Å². The fourth-order valence-electron chi connectivity index (χ4n) is 1.59. The molecule has 1 unspecified atom stereocenters. The third-order valence-corrected chi connectivity index (χ3v) is 2.39. The number of nitrogens with zero attached hydrogens (tertiary/aromatic N) is 1. The van der Waals surface area contributed by atoms with Crippen molar-refractivity contribution in [3.05, 3.63) is 0 Å². The standard InChI is InChI=1S/C9H19NO2/c1-8(12)3-2-4-10-5-9(6-10)7-11/h8-9,11-12H,2-7H2,1H3. The maximum atomic E-state index is 9.00. The summed E-state index contributed by atoms with van der Waals surface area (Å²) in [6.07, 6.45) is 1.79. The molecule has 0 amide bonds. The van der Waals surface area contributed by atoms with Gasteiger partial charge in [0.15, 0.2) is 0 Å². The Morgan fingerprint density at radius 2 is 2.17 bits per heavy atom. The van der Waals surface area contributed by atoms with Crippen molar-refractivity contribution in [1.82, 2.24) is 4.90 Å². The van der Waals surface area contributed by atoms with Crippen LogP contribution in [0.4, 0.5) is 0 Å². The summed E-state index contributed by atoms with van der Waals surface area (Å²) in [6.45, 7) is 5.30. The van der Waals surface area contributed by atoms with Gasteiger partial charge >= 0.3 is 0 Å². The zero-order chi connectivity index (χ0) is 8.97. The van der Waals surface area contributed by atoms with Crippen molar-refractivity contribution >= 4 is 0 Å². The fraction of sp³-hybridized carbons (Fsp3) is 1.00. The third kappa shape index (κ3) is 3.09. The molecule has 1 aliphatic rings. The van der Waals surface area contributed by atoms with E-state index in [2.05, 4.69) is 4.90 Å². The van der Waals surface area contributed by atoms with E-state index >= 15 is 0 Å². The lowest BCUT2D eigenvalue weighted by atomic mass is 10.0. The van der Waals surface area contributed by atoms with Crippen molar-refractivity contribution in [3.63, 3.8) is 0 Å². The molecule has 1 heterocycles. The highest BCUT2D eigenvalue weighted by atomic mass is 16.3. The van der Waals surface area contributed by atoms with Crippen molar-refractivity contribution in [2.45, 2.75) is 25.9 Å². The van der Waals surface area contributed by atoms with E-state index < -0.39 is 0 Å². The molecule has 0 aliphatic carbocycles. The highest BCUT2D eigenvalue weighted by Crippen LogP contribution is 2.15. The first-order chi connectivity index (χ1) is 5.72. The Labute approximate surface area is 74.0 Å². The molecule has 1 rings (SSSR count). The summed E-state index contributed by atoms with van der Waals surface area (Å²) in [4.78, 5) is 2.32. The van der Waals surface area contributed by atoms with Gasteiger partial charge in [-0.05, 0) is 26.3 Å². The molecule has 12 heavy (non-hydrogen) atoms. The van der Waals surface area contributed by atoms with Crippen LogP contribution in [0.5, 0.6) is 0 Å². The Kier molecular flexibility index (Phi) is 3.98. The van der Waals surface area contributed by atoms with Gasteiger partial charge in [-0.15, -0.1) is 0 Å². The molecule has 3 nitrogen and oxygen atoms in total.